The lowest BCUT2D eigenvalue weighted by Crippen LogP contribution is -2.36. The minimum Gasteiger partial charge on any atom is -0.319 e. The fourth-order valence-electron chi connectivity index (χ4n) is 4.46. The third-order valence-corrected chi connectivity index (χ3v) is 6.28. The Kier molecular flexibility index (Phi) is 16.1. The van der Waals surface area contributed by atoms with Crippen LogP contribution in [-0.4, -0.2) is 22.7 Å². The molecule has 4 rings (SSSR count). The first-order chi connectivity index (χ1) is 20.6. The standard InChI is InChI=1S/C24H28N2.C8H9F.C3H6O.C2H3F3/c1-5-13-22-18(3)26(19(4)25-23(22)6-2)24(20-14-9-7-10-15-20)21-16-11-8-12-17-21;1-6-3-4-7(2)8(9)5-6;1-3(2)4;1-2(3,4)5/h7-12,14-17,24H,3,5-6,13H2,1-2,4H3;3-5H,1-2H3;1-2H3;1H3. The molecule has 44 heavy (non-hydrogen) atoms. The molecule has 0 aliphatic carbocycles. The van der Waals surface area contributed by atoms with Crippen LogP contribution in [-0.2, 0) is 4.79 Å². The number of hydrogen-bond donors (Lipinski definition) is 0. The van der Waals surface area contributed by atoms with E-state index in [1.807, 2.05) is 13.0 Å². The molecular formula is C37H46F4N2O. The van der Waals surface area contributed by atoms with Gasteiger partial charge in [-0.25, -0.2) is 9.38 Å². The molecule has 238 valence electrons. The lowest BCUT2D eigenvalue weighted by Gasteiger charge is -2.39. The number of allylic oxidation sites excluding steroid dienone is 2. The summed E-state index contributed by atoms with van der Waals surface area (Å²) in [4.78, 5) is 16.7. The molecule has 0 N–H and O–H groups in total. The maximum atomic E-state index is 12.6. The molecule has 0 fully saturated rings. The van der Waals surface area contributed by atoms with Crippen molar-refractivity contribution >= 4 is 11.6 Å². The van der Waals surface area contributed by atoms with Gasteiger partial charge < -0.3 is 9.69 Å². The summed E-state index contributed by atoms with van der Waals surface area (Å²) in [5.74, 6) is 1.07. The van der Waals surface area contributed by atoms with Crippen molar-refractivity contribution in [3.05, 3.63) is 130 Å². The van der Waals surface area contributed by atoms with Crippen LogP contribution in [0.1, 0.15) is 89.1 Å². The highest BCUT2D eigenvalue weighted by Crippen LogP contribution is 2.38. The molecule has 3 aromatic carbocycles. The third kappa shape index (κ3) is 13.5. The van der Waals surface area contributed by atoms with Crippen LogP contribution in [0.25, 0.3) is 0 Å². The van der Waals surface area contributed by atoms with Gasteiger partial charge in [0.15, 0.2) is 0 Å². The number of aryl methyl sites for hydroxylation is 2. The molecule has 3 aromatic rings. The highest BCUT2D eigenvalue weighted by Gasteiger charge is 2.30. The summed E-state index contributed by atoms with van der Waals surface area (Å²) >= 11 is 0. The van der Waals surface area contributed by atoms with E-state index in [1.54, 1.807) is 13.0 Å². The van der Waals surface area contributed by atoms with Gasteiger partial charge in [0.2, 0.25) is 0 Å². The Labute approximate surface area is 261 Å². The SMILES string of the molecule is C=C1C(CCC)=C(CC)N=C(C)N1C(c1ccccc1)c1ccccc1.CC(C)=O.CC(F)(F)F.Cc1ccc(C)c(F)c1. The first-order valence-electron chi connectivity index (χ1n) is 14.7. The van der Waals surface area contributed by atoms with E-state index in [0.29, 0.717) is 5.56 Å². The normalized spacial score (nSPS) is 12.7. The van der Waals surface area contributed by atoms with Gasteiger partial charge in [-0.2, -0.15) is 13.2 Å². The van der Waals surface area contributed by atoms with Gasteiger partial charge in [-0.3, -0.25) is 0 Å². The number of carbonyl (C=O) groups excluding carboxylic acids is 1. The molecule has 1 heterocycles. The monoisotopic (exact) mass is 610 g/mol. The molecule has 0 amide bonds. The summed E-state index contributed by atoms with van der Waals surface area (Å²) in [6.07, 6.45) is -0.936. The Bertz CT molecular complexity index is 1340. The molecule has 0 spiro atoms. The molecular weight excluding hydrogens is 564 g/mol. The molecule has 0 saturated carbocycles. The largest absolute Gasteiger partial charge is 0.386 e. The summed E-state index contributed by atoms with van der Waals surface area (Å²) in [5.41, 5.74) is 7.77. The van der Waals surface area contributed by atoms with Gasteiger partial charge >= 0.3 is 6.18 Å². The number of Topliss-reactive ketones (excluding diaryl/α,β-unsaturated/α-hetero) is 1. The zero-order chi connectivity index (χ0) is 33.4. The van der Waals surface area contributed by atoms with Crippen molar-refractivity contribution in [1.29, 1.82) is 0 Å². The van der Waals surface area contributed by atoms with Crippen LogP contribution < -0.4 is 0 Å². The lowest BCUT2D eigenvalue weighted by atomic mass is 9.93. The van der Waals surface area contributed by atoms with Crippen molar-refractivity contribution in [3.63, 3.8) is 0 Å². The summed E-state index contributed by atoms with van der Waals surface area (Å²) < 4.78 is 43.6. The van der Waals surface area contributed by atoms with Crippen molar-refractivity contribution in [3.8, 4) is 0 Å². The maximum Gasteiger partial charge on any atom is 0.386 e. The van der Waals surface area contributed by atoms with Crippen molar-refractivity contribution < 1.29 is 22.4 Å². The second kappa shape index (κ2) is 18.6. The number of alkyl halides is 3. The number of halogens is 4. The fourth-order valence-corrected chi connectivity index (χ4v) is 4.46. The highest BCUT2D eigenvalue weighted by molar-refractivity contribution is 5.86. The van der Waals surface area contributed by atoms with Crippen molar-refractivity contribution in [2.45, 2.75) is 86.9 Å². The minimum atomic E-state index is -4.00. The Morgan fingerprint density at radius 3 is 1.70 bits per heavy atom. The van der Waals surface area contributed by atoms with Crippen LogP contribution in [0.15, 0.2) is 107 Å². The second-order valence-electron chi connectivity index (χ2n) is 10.7. The average molecular weight is 611 g/mol. The molecule has 3 nitrogen and oxygen atoms in total. The van der Waals surface area contributed by atoms with E-state index in [1.165, 1.54) is 42.3 Å². The summed E-state index contributed by atoms with van der Waals surface area (Å²) in [5, 5.41) is 0. The van der Waals surface area contributed by atoms with Gasteiger partial charge in [-0.15, -0.1) is 0 Å². The van der Waals surface area contributed by atoms with E-state index in [4.69, 9.17) is 4.99 Å². The highest BCUT2D eigenvalue weighted by atomic mass is 19.4. The number of benzene rings is 3. The van der Waals surface area contributed by atoms with E-state index in [9.17, 15) is 22.4 Å². The smallest absolute Gasteiger partial charge is 0.319 e. The van der Waals surface area contributed by atoms with Crippen LogP contribution in [0.4, 0.5) is 17.6 Å². The van der Waals surface area contributed by atoms with Crippen LogP contribution >= 0.6 is 0 Å². The number of hydrogen-bond acceptors (Lipinski definition) is 3. The number of amidine groups is 1. The topological polar surface area (TPSA) is 32.7 Å². The van der Waals surface area contributed by atoms with Gasteiger partial charge in [-0.1, -0.05) is 99.6 Å². The maximum absolute atomic E-state index is 12.6. The molecule has 7 heteroatoms. The zero-order valence-electron chi connectivity index (χ0n) is 27.2. The van der Waals surface area contributed by atoms with E-state index in [0.717, 1.165) is 36.4 Å². The number of aliphatic imine (C=N–C) groups is 1. The molecule has 0 radical (unpaired) electrons. The number of carbonyl (C=O) groups is 1. The van der Waals surface area contributed by atoms with Gasteiger partial charge in [0, 0.05) is 18.3 Å². The number of nitrogens with zero attached hydrogens (tertiary/aromatic N) is 2. The van der Waals surface area contributed by atoms with Crippen LogP contribution in [0, 0.1) is 19.7 Å². The predicted molar refractivity (Wildman–Crippen MR) is 175 cm³/mol. The van der Waals surface area contributed by atoms with Crippen molar-refractivity contribution in [2.24, 2.45) is 4.99 Å². The Morgan fingerprint density at radius 1 is 0.886 bits per heavy atom. The Hall–Kier alpha value is -4.00. The van der Waals surface area contributed by atoms with E-state index in [-0.39, 0.29) is 24.6 Å². The average Bonchev–Trinajstić information content (AvgIpc) is 2.95. The molecule has 0 unspecified atom stereocenters. The fraction of sp³-hybridized carbons (Fsp3) is 0.351. The number of rotatable bonds is 6. The molecule has 1 aliphatic heterocycles. The van der Waals surface area contributed by atoms with Gasteiger partial charge in [0.1, 0.15) is 17.4 Å². The van der Waals surface area contributed by atoms with Gasteiger partial charge in [-0.05, 0) is 81.4 Å². The lowest BCUT2D eigenvalue weighted by molar-refractivity contribution is -0.115. The van der Waals surface area contributed by atoms with Crippen LogP contribution in [0.2, 0.25) is 0 Å². The predicted octanol–water partition coefficient (Wildman–Crippen LogP) is 11.1. The molecule has 0 atom stereocenters. The van der Waals surface area contributed by atoms with Gasteiger partial charge in [0.05, 0.1) is 6.04 Å². The molecule has 1 aliphatic rings. The Morgan fingerprint density at radius 2 is 1.34 bits per heavy atom. The van der Waals surface area contributed by atoms with Crippen molar-refractivity contribution in [2.75, 3.05) is 0 Å². The van der Waals surface area contributed by atoms with E-state index >= 15 is 0 Å². The zero-order valence-corrected chi connectivity index (χ0v) is 27.2. The van der Waals surface area contributed by atoms with Crippen molar-refractivity contribution in [1.82, 2.24) is 4.90 Å². The summed E-state index contributed by atoms with van der Waals surface area (Å²) in [6.45, 7) is 17.9. The molecule has 0 saturated heterocycles. The van der Waals surface area contributed by atoms with Crippen LogP contribution in [0.3, 0.4) is 0 Å². The first-order valence-corrected chi connectivity index (χ1v) is 14.7. The Balaban J connectivity index is 0.000000438. The van der Waals surface area contributed by atoms with Crippen LogP contribution in [0.5, 0.6) is 0 Å². The van der Waals surface area contributed by atoms with Gasteiger partial charge in [0.25, 0.3) is 0 Å². The van der Waals surface area contributed by atoms with E-state index in [2.05, 4.69) is 92.9 Å². The molecule has 0 aromatic heterocycles. The van der Waals surface area contributed by atoms with E-state index < -0.39 is 6.18 Å². The number of ketones is 1. The second-order valence-corrected chi connectivity index (χ2v) is 10.7. The minimum absolute atomic E-state index is 0.0823. The molecule has 0 bridgehead atoms. The third-order valence-electron chi connectivity index (χ3n) is 6.28. The first kappa shape index (κ1) is 38.0. The summed E-state index contributed by atoms with van der Waals surface area (Å²) in [6, 6.07) is 26.6. The summed E-state index contributed by atoms with van der Waals surface area (Å²) in [7, 11) is 0. The quantitative estimate of drug-likeness (QED) is 0.260.